The number of esters is 2. The third kappa shape index (κ3) is 11.1. The molecular weight excluding hydrogens is 726 g/mol. The van der Waals surface area contributed by atoms with E-state index in [0.29, 0.717) is 24.2 Å². The first-order valence-corrected chi connectivity index (χ1v) is 17.0. The molecule has 53 heavy (non-hydrogen) atoms. The predicted octanol–water partition coefficient (Wildman–Crippen LogP) is 11.6. The Kier molecular flexibility index (Phi) is 15.2. The van der Waals surface area contributed by atoms with E-state index in [1.165, 1.54) is 12.1 Å². The monoisotopic (exact) mass is 766 g/mol. The molecule has 15 heteroatoms. The first-order valence-electron chi connectivity index (χ1n) is 17.0. The van der Waals surface area contributed by atoms with Crippen LogP contribution in [0.2, 0.25) is 0 Å². The van der Waals surface area contributed by atoms with Gasteiger partial charge in [0.05, 0.1) is 24.9 Å². The molecular formula is C38H40F10O5. The number of carbonyl (C=O) groups excluding carboxylic acids is 2. The fourth-order valence-corrected chi connectivity index (χ4v) is 5.13. The van der Waals surface area contributed by atoms with Crippen LogP contribution in [0.4, 0.5) is 43.9 Å². The summed E-state index contributed by atoms with van der Waals surface area (Å²) in [5, 5.41) is 0. The summed E-state index contributed by atoms with van der Waals surface area (Å²) in [6.45, 7) is 3.23. The maximum Gasteiger partial charge on any atom is 0.460 e. The lowest BCUT2D eigenvalue weighted by molar-refractivity contribution is -0.390. The molecule has 0 aliphatic heterocycles. The van der Waals surface area contributed by atoms with Gasteiger partial charge in [-0.25, -0.2) is 14.0 Å². The Morgan fingerprint density at radius 3 is 1.70 bits per heavy atom. The van der Waals surface area contributed by atoms with Gasteiger partial charge in [-0.2, -0.15) is 39.5 Å². The SMILES string of the molecule is CCCCCCC(C)OC(=O)c1ccc(-c2ccc(-c3ccc(OCCCCCCOC(=O)C(F)(F)C(F)(F)C(F)(F)C(F)(F)F)cc3)cc2)cc1F. The van der Waals surface area contributed by atoms with Crippen molar-refractivity contribution in [3.8, 4) is 28.0 Å². The standard InChI is InChI=1S/C38H40F10O5/c1-3-4-5-8-11-25(2)53-33(49)31-21-18-29(24-32(31)39)28-14-12-26(13-15-28)27-16-19-30(20-17-27)51-22-9-6-7-10-23-52-34(50)35(40,41)36(42,43)37(44,45)38(46,47)48/h12-21,24-25H,3-11,22-23H2,1-2H3. The van der Waals surface area contributed by atoms with E-state index in [-0.39, 0.29) is 31.1 Å². The Balaban J connectivity index is 1.40. The third-order valence-electron chi connectivity index (χ3n) is 8.31. The van der Waals surface area contributed by atoms with Gasteiger partial charge in [0.15, 0.2) is 0 Å². The summed E-state index contributed by atoms with van der Waals surface area (Å²) in [6, 6.07) is 18.8. The molecule has 3 aromatic carbocycles. The van der Waals surface area contributed by atoms with Crippen LogP contribution in [0.1, 0.15) is 82.0 Å². The number of rotatable bonds is 20. The van der Waals surface area contributed by atoms with E-state index in [0.717, 1.165) is 48.8 Å². The first-order chi connectivity index (χ1) is 24.8. The highest BCUT2D eigenvalue weighted by Gasteiger charge is 2.84. The zero-order chi connectivity index (χ0) is 39.5. The van der Waals surface area contributed by atoms with Crippen LogP contribution in [-0.2, 0) is 14.3 Å². The highest BCUT2D eigenvalue weighted by atomic mass is 19.4. The Morgan fingerprint density at radius 2 is 1.15 bits per heavy atom. The van der Waals surface area contributed by atoms with Gasteiger partial charge in [0.25, 0.3) is 0 Å². The Labute approximate surface area is 300 Å². The molecule has 0 saturated heterocycles. The summed E-state index contributed by atoms with van der Waals surface area (Å²) in [5.41, 5.74) is 2.92. The van der Waals surface area contributed by atoms with Gasteiger partial charge in [-0.15, -0.1) is 0 Å². The quantitative estimate of drug-likeness (QED) is 0.0651. The number of hydrogen-bond donors (Lipinski definition) is 0. The van der Waals surface area contributed by atoms with Crippen LogP contribution >= 0.6 is 0 Å². The van der Waals surface area contributed by atoms with Crippen LogP contribution in [0.15, 0.2) is 66.7 Å². The molecule has 0 radical (unpaired) electrons. The number of hydrogen-bond acceptors (Lipinski definition) is 5. The van der Waals surface area contributed by atoms with E-state index in [1.807, 2.05) is 36.4 Å². The largest absolute Gasteiger partial charge is 0.494 e. The topological polar surface area (TPSA) is 61.8 Å². The van der Waals surface area contributed by atoms with Crippen molar-refractivity contribution < 1.29 is 67.7 Å². The average Bonchev–Trinajstić information content (AvgIpc) is 3.10. The van der Waals surface area contributed by atoms with Gasteiger partial charge >= 0.3 is 35.9 Å². The second-order valence-electron chi connectivity index (χ2n) is 12.5. The molecule has 0 spiro atoms. The number of unbranched alkanes of at least 4 members (excludes halogenated alkanes) is 6. The molecule has 292 valence electrons. The van der Waals surface area contributed by atoms with E-state index >= 15 is 0 Å². The highest BCUT2D eigenvalue weighted by Crippen LogP contribution is 2.53. The molecule has 3 rings (SSSR count). The van der Waals surface area contributed by atoms with Gasteiger partial charge in [-0.1, -0.05) is 68.7 Å². The van der Waals surface area contributed by atoms with Gasteiger partial charge < -0.3 is 14.2 Å². The highest BCUT2D eigenvalue weighted by molar-refractivity contribution is 5.90. The van der Waals surface area contributed by atoms with E-state index in [9.17, 15) is 53.5 Å². The zero-order valence-electron chi connectivity index (χ0n) is 29.0. The summed E-state index contributed by atoms with van der Waals surface area (Å²) in [6.07, 6.45) is -1.52. The summed E-state index contributed by atoms with van der Waals surface area (Å²) in [5.74, 6) is -24.7. The van der Waals surface area contributed by atoms with Crippen LogP contribution in [-0.4, -0.2) is 55.2 Å². The lowest BCUT2D eigenvalue weighted by Crippen LogP contribution is -2.63. The van der Waals surface area contributed by atoms with Crippen LogP contribution in [0.5, 0.6) is 5.75 Å². The maximum atomic E-state index is 14.9. The molecule has 0 fully saturated rings. The second-order valence-corrected chi connectivity index (χ2v) is 12.5. The predicted molar refractivity (Wildman–Crippen MR) is 177 cm³/mol. The molecule has 0 aliphatic carbocycles. The molecule has 3 aromatic rings. The minimum atomic E-state index is -7.17. The molecule has 5 nitrogen and oxygen atoms in total. The van der Waals surface area contributed by atoms with Crippen molar-refractivity contribution in [1.82, 2.24) is 0 Å². The van der Waals surface area contributed by atoms with Crippen LogP contribution in [0.25, 0.3) is 22.3 Å². The molecule has 0 amide bonds. The number of alkyl halides is 9. The fraction of sp³-hybridized carbons (Fsp3) is 0.474. The Hall–Kier alpha value is -4.30. The summed E-state index contributed by atoms with van der Waals surface area (Å²) in [4.78, 5) is 23.8. The number of ether oxygens (including phenoxy) is 3. The maximum absolute atomic E-state index is 14.9. The Bertz CT molecular complexity index is 1620. The van der Waals surface area contributed by atoms with Gasteiger partial charge in [0, 0.05) is 0 Å². The Morgan fingerprint density at radius 1 is 0.642 bits per heavy atom. The van der Waals surface area contributed by atoms with Crippen molar-refractivity contribution in [2.24, 2.45) is 0 Å². The second kappa shape index (κ2) is 18.6. The van der Waals surface area contributed by atoms with Crippen molar-refractivity contribution in [2.75, 3.05) is 13.2 Å². The number of halogens is 10. The lowest BCUT2D eigenvalue weighted by Gasteiger charge is -2.32. The van der Waals surface area contributed by atoms with Gasteiger partial charge in [0.2, 0.25) is 0 Å². The van der Waals surface area contributed by atoms with Crippen molar-refractivity contribution in [3.63, 3.8) is 0 Å². The third-order valence-corrected chi connectivity index (χ3v) is 8.31. The van der Waals surface area contributed by atoms with Crippen LogP contribution < -0.4 is 4.74 Å². The average molecular weight is 767 g/mol. The summed E-state index contributed by atoms with van der Waals surface area (Å²) in [7, 11) is 0. The van der Waals surface area contributed by atoms with Crippen molar-refractivity contribution in [2.45, 2.75) is 102 Å². The smallest absolute Gasteiger partial charge is 0.460 e. The number of carbonyl (C=O) groups is 2. The van der Waals surface area contributed by atoms with E-state index in [2.05, 4.69) is 11.7 Å². The summed E-state index contributed by atoms with van der Waals surface area (Å²) < 4.78 is 146. The van der Waals surface area contributed by atoms with E-state index < -0.39 is 48.3 Å². The van der Waals surface area contributed by atoms with Crippen molar-refractivity contribution >= 4 is 11.9 Å². The normalized spacial score (nSPS) is 13.1. The minimum absolute atomic E-state index is 0.125. The molecule has 0 saturated carbocycles. The summed E-state index contributed by atoms with van der Waals surface area (Å²) >= 11 is 0. The molecule has 1 unspecified atom stereocenters. The van der Waals surface area contributed by atoms with Crippen LogP contribution in [0.3, 0.4) is 0 Å². The van der Waals surface area contributed by atoms with E-state index in [4.69, 9.17) is 9.47 Å². The van der Waals surface area contributed by atoms with Gasteiger partial charge in [-0.05, 0) is 92.0 Å². The number of benzene rings is 3. The van der Waals surface area contributed by atoms with Crippen LogP contribution in [0, 0.1) is 5.82 Å². The molecule has 0 heterocycles. The van der Waals surface area contributed by atoms with Crippen molar-refractivity contribution in [3.05, 3.63) is 78.1 Å². The lowest BCUT2D eigenvalue weighted by atomic mass is 9.99. The molecule has 0 aromatic heterocycles. The minimum Gasteiger partial charge on any atom is -0.494 e. The van der Waals surface area contributed by atoms with E-state index in [1.54, 1.807) is 25.1 Å². The fourth-order valence-electron chi connectivity index (χ4n) is 5.13. The molecule has 0 bridgehead atoms. The van der Waals surface area contributed by atoms with Crippen molar-refractivity contribution in [1.29, 1.82) is 0 Å². The molecule has 0 aliphatic rings. The molecule has 0 N–H and O–H groups in total. The van der Waals surface area contributed by atoms with Gasteiger partial charge in [-0.3, -0.25) is 0 Å². The molecule has 1 atom stereocenters. The first kappa shape index (κ1) is 43.1. The van der Waals surface area contributed by atoms with Gasteiger partial charge in [0.1, 0.15) is 11.6 Å². The zero-order valence-corrected chi connectivity index (χ0v) is 29.0.